The highest BCUT2D eigenvalue weighted by Crippen LogP contribution is 2.40. The highest BCUT2D eigenvalue weighted by molar-refractivity contribution is 6.31. The number of nitrogens with zero attached hydrogens (tertiary/aromatic N) is 2. The minimum Gasteiger partial charge on any atom is -0.384 e. The lowest BCUT2D eigenvalue weighted by Crippen LogP contribution is -2.41. The van der Waals surface area contributed by atoms with Crippen LogP contribution in [0.4, 0.5) is 0 Å². The van der Waals surface area contributed by atoms with Crippen molar-refractivity contribution in [3.63, 3.8) is 0 Å². The maximum atomic E-state index is 10.9. The minimum atomic E-state index is -0.812. The summed E-state index contributed by atoms with van der Waals surface area (Å²) in [5.74, 6) is 0. The largest absolute Gasteiger partial charge is 0.384 e. The van der Waals surface area contributed by atoms with Gasteiger partial charge in [-0.05, 0) is 45.6 Å². The molecule has 2 rings (SSSR count). The van der Waals surface area contributed by atoms with Crippen molar-refractivity contribution >= 4 is 11.6 Å². The van der Waals surface area contributed by atoms with E-state index in [0.29, 0.717) is 11.1 Å². The summed E-state index contributed by atoms with van der Waals surface area (Å²) in [6.45, 7) is 5.98. The predicted molar refractivity (Wildman–Crippen MR) is 77.4 cm³/mol. The Labute approximate surface area is 120 Å². The molecule has 0 spiro atoms. The number of hydrogen-bond acceptors (Lipinski definition) is 3. The van der Waals surface area contributed by atoms with Gasteiger partial charge in [0.1, 0.15) is 5.60 Å². The first-order valence-electron chi connectivity index (χ1n) is 7.28. The zero-order valence-electron chi connectivity index (χ0n) is 11.8. The monoisotopic (exact) mass is 285 g/mol. The molecule has 108 valence electrons. The summed E-state index contributed by atoms with van der Waals surface area (Å²) < 4.78 is 1.82. The third-order valence-corrected chi connectivity index (χ3v) is 4.31. The minimum absolute atomic E-state index is 0.525. The van der Waals surface area contributed by atoms with Gasteiger partial charge >= 0.3 is 0 Å². The number of aromatic nitrogens is 2. The SMILES string of the molecule is CCCNC1CCC(O)(c2c(Cl)cnn2CC)CC1. The molecular weight excluding hydrogens is 262 g/mol. The topological polar surface area (TPSA) is 50.1 Å². The molecule has 4 nitrogen and oxygen atoms in total. The van der Waals surface area contributed by atoms with E-state index in [4.69, 9.17) is 11.6 Å². The van der Waals surface area contributed by atoms with Gasteiger partial charge < -0.3 is 10.4 Å². The van der Waals surface area contributed by atoms with Crippen LogP contribution in [0.15, 0.2) is 6.20 Å². The third-order valence-electron chi connectivity index (χ3n) is 4.03. The molecule has 0 saturated heterocycles. The first-order valence-corrected chi connectivity index (χ1v) is 7.66. The number of aryl methyl sites for hydroxylation is 1. The summed E-state index contributed by atoms with van der Waals surface area (Å²) in [4.78, 5) is 0. The van der Waals surface area contributed by atoms with Gasteiger partial charge in [0, 0.05) is 12.6 Å². The van der Waals surface area contributed by atoms with Gasteiger partial charge in [-0.25, -0.2) is 0 Å². The van der Waals surface area contributed by atoms with E-state index in [1.807, 2.05) is 11.6 Å². The van der Waals surface area contributed by atoms with Crippen LogP contribution >= 0.6 is 11.6 Å². The molecule has 0 amide bonds. The van der Waals surface area contributed by atoms with E-state index in [-0.39, 0.29) is 0 Å². The summed E-state index contributed by atoms with van der Waals surface area (Å²) in [5.41, 5.74) is -0.0147. The van der Waals surface area contributed by atoms with E-state index in [2.05, 4.69) is 17.3 Å². The Hall–Kier alpha value is -0.580. The van der Waals surface area contributed by atoms with E-state index >= 15 is 0 Å². The Balaban J connectivity index is 2.07. The van der Waals surface area contributed by atoms with Crippen molar-refractivity contribution in [3.05, 3.63) is 16.9 Å². The Kier molecular flexibility index (Phi) is 4.87. The average molecular weight is 286 g/mol. The first kappa shape index (κ1) is 14.8. The summed E-state index contributed by atoms with van der Waals surface area (Å²) in [5, 5.41) is 19.2. The highest BCUT2D eigenvalue weighted by atomic mass is 35.5. The van der Waals surface area contributed by atoms with Crippen molar-refractivity contribution in [3.8, 4) is 0 Å². The number of nitrogens with one attached hydrogen (secondary N) is 1. The number of aliphatic hydroxyl groups is 1. The summed E-state index contributed by atoms with van der Waals surface area (Å²) in [6.07, 6.45) is 6.26. The number of halogens is 1. The van der Waals surface area contributed by atoms with Gasteiger partial charge in [0.15, 0.2) is 0 Å². The fraction of sp³-hybridized carbons (Fsp3) is 0.786. The van der Waals surface area contributed by atoms with Crippen LogP contribution in [0.5, 0.6) is 0 Å². The van der Waals surface area contributed by atoms with Crippen LogP contribution in [-0.2, 0) is 12.1 Å². The molecule has 1 fully saturated rings. The second kappa shape index (κ2) is 6.25. The van der Waals surface area contributed by atoms with E-state index < -0.39 is 5.60 Å². The van der Waals surface area contributed by atoms with Crippen molar-refractivity contribution in [1.82, 2.24) is 15.1 Å². The van der Waals surface area contributed by atoms with Crippen molar-refractivity contribution in [2.24, 2.45) is 0 Å². The molecule has 0 atom stereocenters. The molecule has 2 N–H and O–H groups in total. The normalized spacial score (nSPS) is 27.7. The highest BCUT2D eigenvalue weighted by Gasteiger charge is 2.38. The number of rotatable bonds is 5. The molecule has 1 heterocycles. The molecule has 0 unspecified atom stereocenters. The van der Waals surface area contributed by atoms with Crippen LogP contribution in [0.25, 0.3) is 0 Å². The Morgan fingerprint density at radius 1 is 1.47 bits per heavy atom. The summed E-state index contributed by atoms with van der Waals surface area (Å²) in [7, 11) is 0. The maximum absolute atomic E-state index is 10.9. The van der Waals surface area contributed by atoms with Gasteiger partial charge in [0.25, 0.3) is 0 Å². The van der Waals surface area contributed by atoms with E-state index in [0.717, 1.165) is 50.9 Å². The lowest BCUT2D eigenvalue weighted by Gasteiger charge is -2.36. The van der Waals surface area contributed by atoms with Gasteiger partial charge in [-0.2, -0.15) is 5.10 Å². The molecule has 0 bridgehead atoms. The van der Waals surface area contributed by atoms with Crippen LogP contribution < -0.4 is 5.32 Å². The van der Waals surface area contributed by atoms with Gasteiger partial charge in [-0.15, -0.1) is 0 Å². The van der Waals surface area contributed by atoms with E-state index in [9.17, 15) is 5.11 Å². The first-order chi connectivity index (χ1) is 9.10. The fourth-order valence-electron chi connectivity index (χ4n) is 2.95. The maximum Gasteiger partial charge on any atom is 0.108 e. The molecule has 0 aliphatic heterocycles. The molecule has 19 heavy (non-hydrogen) atoms. The Bertz CT molecular complexity index is 411. The summed E-state index contributed by atoms with van der Waals surface area (Å²) >= 11 is 6.21. The molecule has 1 aliphatic rings. The molecule has 1 aromatic heterocycles. The zero-order valence-corrected chi connectivity index (χ0v) is 12.6. The predicted octanol–water partition coefficient (Wildman–Crippen LogP) is 2.69. The standard InChI is InChI=1S/C14H24ClN3O/c1-3-9-16-11-5-7-14(19,8-6-11)13-12(15)10-17-18(13)4-2/h10-11,16,19H,3-9H2,1-2H3. The second-order valence-electron chi connectivity index (χ2n) is 5.42. The Morgan fingerprint density at radius 2 is 2.16 bits per heavy atom. The molecule has 1 aliphatic carbocycles. The van der Waals surface area contributed by atoms with Gasteiger partial charge in [-0.1, -0.05) is 18.5 Å². The smallest absolute Gasteiger partial charge is 0.108 e. The van der Waals surface area contributed by atoms with Crippen molar-refractivity contribution in [1.29, 1.82) is 0 Å². The second-order valence-corrected chi connectivity index (χ2v) is 5.82. The Morgan fingerprint density at radius 3 is 2.74 bits per heavy atom. The molecule has 0 radical (unpaired) electrons. The van der Waals surface area contributed by atoms with Crippen molar-refractivity contribution in [2.75, 3.05) is 6.54 Å². The van der Waals surface area contributed by atoms with Crippen molar-refractivity contribution in [2.45, 2.75) is 64.1 Å². The van der Waals surface area contributed by atoms with Crippen LogP contribution in [0.3, 0.4) is 0 Å². The van der Waals surface area contributed by atoms with Gasteiger partial charge in [0.05, 0.1) is 16.9 Å². The molecule has 5 heteroatoms. The molecule has 1 aromatic rings. The van der Waals surface area contributed by atoms with Crippen LogP contribution in [0.2, 0.25) is 5.02 Å². The van der Waals surface area contributed by atoms with E-state index in [1.165, 1.54) is 0 Å². The van der Waals surface area contributed by atoms with Crippen LogP contribution in [0, 0.1) is 0 Å². The third kappa shape index (κ3) is 3.12. The lowest BCUT2D eigenvalue weighted by atomic mass is 9.80. The van der Waals surface area contributed by atoms with Crippen molar-refractivity contribution < 1.29 is 5.11 Å². The fourth-order valence-corrected chi connectivity index (χ4v) is 3.27. The average Bonchev–Trinajstić information content (AvgIpc) is 2.80. The van der Waals surface area contributed by atoms with Gasteiger partial charge in [-0.3, -0.25) is 4.68 Å². The van der Waals surface area contributed by atoms with Gasteiger partial charge in [0.2, 0.25) is 0 Å². The van der Waals surface area contributed by atoms with Crippen LogP contribution in [-0.4, -0.2) is 27.5 Å². The quantitative estimate of drug-likeness (QED) is 0.874. The molecule has 0 aromatic carbocycles. The summed E-state index contributed by atoms with van der Waals surface area (Å²) in [6, 6.07) is 0.525. The lowest BCUT2D eigenvalue weighted by molar-refractivity contribution is -0.0158. The number of hydrogen-bond donors (Lipinski definition) is 2. The molecule has 1 saturated carbocycles. The van der Waals surface area contributed by atoms with Crippen LogP contribution in [0.1, 0.15) is 51.6 Å². The van der Waals surface area contributed by atoms with E-state index in [1.54, 1.807) is 6.20 Å². The zero-order chi connectivity index (χ0) is 13.9. The molecular formula is C14H24ClN3O.